The van der Waals surface area contributed by atoms with Gasteiger partial charge in [0.25, 0.3) is 0 Å². The van der Waals surface area contributed by atoms with Crippen molar-refractivity contribution in [2.75, 3.05) is 26.4 Å². The normalized spacial score (nSPS) is 37.1. The average Bonchev–Trinajstić information content (AvgIpc) is 3.36. The largest absolute Gasteiger partial charge is 0.459 e. The standard InChI is InChI=1S/C16H27NO5/c1-10-15(21-7-12-4-5-12)14(20-6-11-2-3-11)9-19-8-13(17)16(18)22-10/h10-15H,2-9,17H2,1H3/t10-,13-,14-,15-/m0/s1. The van der Waals surface area contributed by atoms with Crippen LogP contribution in [0.2, 0.25) is 0 Å². The zero-order chi connectivity index (χ0) is 15.5. The van der Waals surface area contributed by atoms with E-state index in [2.05, 4.69) is 0 Å². The van der Waals surface area contributed by atoms with Crippen LogP contribution in [-0.2, 0) is 23.7 Å². The Labute approximate surface area is 131 Å². The summed E-state index contributed by atoms with van der Waals surface area (Å²) in [4.78, 5) is 11.9. The number of nitrogens with two attached hydrogens (primary N) is 1. The third-order valence-electron chi connectivity index (χ3n) is 4.48. The van der Waals surface area contributed by atoms with Crippen molar-refractivity contribution in [1.29, 1.82) is 0 Å². The van der Waals surface area contributed by atoms with E-state index in [-0.39, 0.29) is 24.9 Å². The van der Waals surface area contributed by atoms with E-state index in [0.29, 0.717) is 25.0 Å². The van der Waals surface area contributed by atoms with Crippen LogP contribution in [0.5, 0.6) is 0 Å². The number of cyclic esters (lactones) is 1. The first-order valence-electron chi connectivity index (χ1n) is 8.40. The smallest absolute Gasteiger partial charge is 0.325 e. The number of esters is 1. The summed E-state index contributed by atoms with van der Waals surface area (Å²) in [7, 11) is 0. The molecule has 3 rings (SSSR count). The van der Waals surface area contributed by atoms with E-state index in [4.69, 9.17) is 24.7 Å². The lowest BCUT2D eigenvalue weighted by Gasteiger charge is -2.30. The van der Waals surface area contributed by atoms with E-state index >= 15 is 0 Å². The van der Waals surface area contributed by atoms with Crippen LogP contribution in [0.25, 0.3) is 0 Å². The van der Waals surface area contributed by atoms with E-state index in [0.717, 1.165) is 6.61 Å². The predicted molar refractivity (Wildman–Crippen MR) is 79.3 cm³/mol. The van der Waals surface area contributed by atoms with Crippen molar-refractivity contribution >= 4 is 5.97 Å². The van der Waals surface area contributed by atoms with Crippen molar-refractivity contribution in [3.8, 4) is 0 Å². The zero-order valence-electron chi connectivity index (χ0n) is 13.2. The van der Waals surface area contributed by atoms with Crippen LogP contribution in [0.4, 0.5) is 0 Å². The van der Waals surface area contributed by atoms with E-state index in [9.17, 15) is 4.79 Å². The van der Waals surface area contributed by atoms with Crippen LogP contribution in [0.1, 0.15) is 32.6 Å². The fraction of sp³-hybridized carbons (Fsp3) is 0.938. The lowest BCUT2D eigenvalue weighted by molar-refractivity contribution is -0.168. The quantitative estimate of drug-likeness (QED) is 0.733. The highest BCUT2D eigenvalue weighted by molar-refractivity contribution is 5.75. The summed E-state index contributed by atoms with van der Waals surface area (Å²) in [5, 5.41) is 0. The van der Waals surface area contributed by atoms with Gasteiger partial charge in [-0.1, -0.05) is 0 Å². The molecule has 1 aliphatic heterocycles. The first kappa shape index (κ1) is 16.2. The van der Waals surface area contributed by atoms with Gasteiger partial charge in [0.1, 0.15) is 24.4 Å². The highest BCUT2D eigenvalue weighted by Gasteiger charge is 2.37. The van der Waals surface area contributed by atoms with Gasteiger partial charge in [-0.15, -0.1) is 0 Å². The molecule has 0 amide bonds. The van der Waals surface area contributed by atoms with Gasteiger partial charge in [-0.3, -0.25) is 4.79 Å². The van der Waals surface area contributed by atoms with Crippen molar-refractivity contribution in [3.63, 3.8) is 0 Å². The number of ether oxygens (including phenoxy) is 4. The van der Waals surface area contributed by atoms with Crippen molar-refractivity contribution in [2.45, 2.75) is 57.0 Å². The molecule has 2 aliphatic carbocycles. The average molecular weight is 313 g/mol. The number of rotatable bonds is 6. The second-order valence-electron chi connectivity index (χ2n) is 6.84. The first-order valence-corrected chi connectivity index (χ1v) is 8.40. The lowest BCUT2D eigenvalue weighted by atomic mass is 10.1. The second kappa shape index (κ2) is 7.25. The summed E-state index contributed by atoms with van der Waals surface area (Å²) < 4.78 is 23.1. The van der Waals surface area contributed by atoms with Gasteiger partial charge in [0.2, 0.25) is 0 Å². The fourth-order valence-electron chi connectivity index (χ4n) is 2.58. The maximum absolute atomic E-state index is 11.9. The minimum absolute atomic E-state index is 0.157. The Bertz CT molecular complexity index is 383. The number of carbonyl (C=O) groups is 1. The van der Waals surface area contributed by atoms with Crippen LogP contribution in [0.15, 0.2) is 0 Å². The monoisotopic (exact) mass is 313 g/mol. The first-order chi connectivity index (χ1) is 10.6. The Kier molecular flexibility index (Phi) is 5.33. The molecule has 126 valence electrons. The highest BCUT2D eigenvalue weighted by Crippen LogP contribution is 2.32. The lowest BCUT2D eigenvalue weighted by Crippen LogP contribution is -2.45. The maximum Gasteiger partial charge on any atom is 0.325 e. The molecule has 2 N–H and O–H groups in total. The molecule has 2 saturated carbocycles. The Morgan fingerprint density at radius 3 is 2.36 bits per heavy atom. The van der Waals surface area contributed by atoms with E-state index in [1.807, 2.05) is 6.92 Å². The summed E-state index contributed by atoms with van der Waals surface area (Å²) in [6, 6.07) is -0.742. The summed E-state index contributed by atoms with van der Waals surface area (Å²) >= 11 is 0. The number of carbonyl (C=O) groups excluding carboxylic acids is 1. The number of hydrogen-bond acceptors (Lipinski definition) is 6. The second-order valence-corrected chi connectivity index (χ2v) is 6.84. The van der Waals surface area contributed by atoms with Crippen LogP contribution >= 0.6 is 0 Å². The highest BCUT2D eigenvalue weighted by atomic mass is 16.6. The molecule has 1 heterocycles. The Morgan fingerprint density at radius 2 is 1.73 bits per heavy atom. The molecule has 0 aromatic carbocycles. The van der Waals surface area contributed by atoms with Gasteiger partial charge < -0.3 is 24.7 Å². The molecule has 3 aliphatic rings. The molecule has 3 fully saturated rings. The molecule has 0 unspecified atom stereocenters. The molecule has 1 saturated heterocycles. The van der Waals surface area contributed by atoms with Gasteiger partial charge in [-0.05, 0) is 44.4 Å². The number of hydrogen-bond donors (Lipinski definition) is 1. The van der Waals surface area contributed by atoms with E-state index < -0.39 is 12.0 Å². The fourth-order valence-corrected chi connectivity index (χ4v) is 2.58. The van der Waals surface area contributed by atoms with Gasteiger partial charge in [0.15, 0.2) is 0 Å². The summed E-state index contributed by atoms with van der Waals surface area (Å²) in [5.74, 6) is 0.870. The van der Waals surface area contributed by atoms with Crippen molar-refractivity contribution in [2.24, 2.45) is 17.6 Å². The van der Waals surface area contributed by atoms with Gasteiger partial charge in [-0.2, -0.15) is 0 Å². The van der Waals surface area contributed by atoms with Crippen molar-refractivity contribution in [3.05, 3.63) is 0 Å². The molecule has 6 heteroatoms. The summed E-state index contributed by atoms with van der Waals surface area (Å²) in [6.07, 6.45) is 4.00. The molecule has 22 heavy (non-hydrogen) atoms. The summed E-state index contributed by atoms with van der Waals surface area (Å²) in [5.41, 5.74) is 5.75. The van der Waals surface area contributed by atoms with Crippen LogP contribution in [0, 0.1) is 11.8 Å². The third kappa shape index (κ3) is 4.65. The van der Waals surface area contributed by atoms with E-state index in [1.54, 1.807) is 0 Å². The zero-order valence-corrected chi connectivity index (χ0v) is 13.2. The molecule has 0 radical (unpaired) electrons. The topological polar surface area (TPSA) is 80.0 Å². The minimum atomic E-state index is -0.742. The van der Waals surface area contributed by atoms with Gasteiger partial charge in [0, 0.05) is 0 Å². The third-order valence-corrected chi connectivity index (χ3v) is 4.48. The van der Waals surface area contributed by atoms with Gasteiger partial charge >= 0.3 is 5.97 Å². The Balaban J connectivity index is 1.63. The van der Waals surface area contributed by atoms with Crippen LogP contribution < -0.4 is 5.73 Å². The van der Waals surface area contributed by atoms with Gasteiger partial charge in [-0.25, -0.2) is 0 Å². The van der Waals surface area contributed by atoms with Crippen LogP contribution in [0.3, 0.4) is 0 Å². The van der Waals surface area contributed by atoms with Gasteiger partial charge in [0.05, 0.1) is 26.4 Å². The summed E-state index contributed by atoms with van der Waals surface area (Å²) in [6.45, 7) is 3.81. The Morgan fingerprint density at radius 1 is 1.09 bits per heavy atom. The molecule has 4 atom stereocenters. The molecular weight excluding hydrogens is 286 g/mol. The van der Waals surface area contributed by atoms with E-state index in [1.165, 1.54) is 25.7 Å². The molecule has 0 spiro atoms. The Hall–Kier alpha value is -0.690. The molecule has 0 aromatic rings. The minimum Gasteiger partial charge on any atom is -0.459 e. The van der Waals surface area contributed by atoms with Crippen LogP contribution in [-0.4, -0.2) is 56.8 Å². The van der Waals surface area contributed by atoms with Crippen molar-refractivity contribution < 1.29 is 23.7 Å². The predicted octanol–water partition coefficient (Wildman–Crippen LogP) is 0.866. The molecule has 0 aromatic heterocycles. The molecular formula is C16H27NO5. The molecule has 6 nitrogen and oxygen atoms in total. The van der Waals surface area contributed by atoms with Crippen molar-refractivity contribution in [1.82, 2.24) is 0 Å². The SMILES string of the molecule is C[C@@H]1OC(=O)[C@@H](N)COC[C@H](OCC2CC2)[C@H]1OCC1CC1. The maximum atomic E-state index is 11.9. The molecule has 0 bridgehead atoms.